The highest BCUT2D eigenvalue weighted by molar-refractivity contribution is 6.44. The number of carbonyl (C=O) groups is 1. The molecular formula is C14H18Cl2O4. The van der Waals surface area contributed by atoms with Crippen LogP contribution in [0.4, 0.5) is 0 Å². The number of carbonyl (C=O) groups excluding carboxylic acids is 1. The molecule has 2 saturated carbocycles. The summed E-state index contributed by atoms with van der Waals surface area (Å²) in [4.78, 5) is 11.4. The minimum absolute atomic E-state index is 0.00858. The largest absolute Gasteiger partial charge is 0.431 e. The summed E-state index contributed by atoms with van der Waals surface area (Å²) in [6.07, 6.45) is 2.44. The van der Waals surface area contributed by atoms with E-state index in [0.29, 0.717) is 12.3 Å². The molecule has 0 aromatic carbocycles. The highest BCUT2D eigenvalue weighted by atomic mass is 35.5. The Hall–Kier alpha value is -0.450. The van der Waals surface area contributed by atoms with Gasteiger partial charge in [0.05, 0.1) is 0 Å². The zero-order valence-corrected chi connectivity index (χ0v) is 13.2. The van der Waals surface area contributed by atoms with Crippen LogP contribution in [0.1, 0.15) is 40.0 Å². The number of aliphatic hydroxyl groups is 1. The van der Waals surface area contributed by atoms with Gasteiger partial charge in [0.25, 0.3) is 0 Å². The van der Waals surface area contributed by atoms with Crippen molar-refractivity contribution >= 4 is 29.2 Å². The Morgan fingerprint density at radius 3 is 2.45 bits per heavy atom. The van der Waals surface area contributed by atoms with Crippen LogP contribution in [0.5, 0.6) is 0 Å². The second-order valence-electron chi connectivity index (χ2n) is 6.80. The van der Waals surface area contributed by atoms with Gasteiger partial charge in [-0.2, -0.15) is 0 Å². The molecule has 2 aliphatic carbocycles. The summed E-state index contributed by atoms with van der Waals surface area (Å²) in [5.41, 5.74) is -0.455. The monoisotopic (exact) mass is 320 g/mol. The average molecular weight is 321 g/mol. The number of fused-ring (bicyclic) bond motifs is 2. The van der Waals surface area contributed by atoms with Crippen LogP contribution in [-0.2, 0) is 14.3 Å². The maximum Gasteiger partial charge on any atom is 0.337 e. The molecule has 0 aromatic rings. The Kier molecular flexibility index (Phi) is 2.93. The third-order valence-corrected chi connectivity index (χ3v) is 6.78. The van der Waals surface area contributed by atoms with Gasteiger partial charge >= 0.3 is 11.9 Å². The Morgan fingerprint density at radius 1 is 1.40 bits per heavy atom. The van der Waals surface area contributed by atoms with Crippen molar-refractivity contribution in [3.05, 3.63) is 11.0 Å². The predicted molar refractivity (Wildman–Crippen MR) is 73.9 cm³/mol. The molecule has 6 heteroatoms. The van der Waals surface area contributed by atoms with Crippen LogP contribution >= 0.6 is 23.2 Å². The fraction of sp³-hybridized carbons (Fsp3) is 0.786. The molecule has 0 radical (unpaired) electrons. The van der Waals surface area contributed by atoms with Gasteiger partial charge in [-0.1, -0.05) is 32.4 Å². The van der Waals surface area contributed by atoms with Gasteiger partial charge in [-0.15, -0.1) is 11.6 Å². The first-order valence-electron chi connectivity index (χ1n) is 6.79. The molecule has 4 unspecified atom stereocenters. The van der Waals surface area contributed by atoms with Crippen molar-refractivity contribution in [2.45, 2.75) is 51.2 Å². The van der Waals surface area contributed by atoms with E-state index in [9.17, 15) is 9.90 Å². The Morgan fingerprint density at radius 2 is 2.05 bits per heavy atom. The van der Waals surface area contributed by atoms with Crippen LogP contribution in [0.3, 0.4) is 0 Å². The molecule has 112 valence electrons. The standard InChI is InChI=1S/C14H18Cl2O4/c1-12(2)7-4-5-13(12,3)14(18,6-7)20-11-9(16)8(15)10(17)19-11/h7-8,18H,4-6H2,1-3H3. The summed E-state index contributed by atoms with van der Waals surface area (Å²) >= 11 is 11.7. The number of hydrogen-bond donors (Lipinski definition) is 1. The van der Waals surface area contributed by atoms with Crippen molar-refractivity contribution in [3.63, 3.8) is 0 Å². The van der Waals surface area contributed by atoms with E-state index in [-0.39, 0.29) is 16.4 Å². The summed E-state index contributed by atoms with van der Waals surface area (Å²) in [6.45, 7) is 6.31. The number of alkyl halides is 1. The average Bonchev–Trinajstić information content (AvgIpc) is 2.78. The number of hydrogen-bond acceptors (Lipinski definition) is 4. The fourth-order valence-electron chi connectivity index (χ4n) is 3.99. The molecule has 20 heavy (non-hydrogen) atoms. The van der Waals surface area contributed by atoms with Gasteiger partial charge in [-0.05, 0) is 24.2 Å². The Balaban J connectivity index is 1.91. The molecule has 0 amide bonds. The zero-order valence-electron chi connectivity index (χ0n) is 11.7. The molecule has 1 aliphatic heterocycles. The first-order valence-corrected chi connectivity index (χ1v) is 7.61. The van der Waals surface area contributed by atoms with Gasteiger partial charge < -0.3 is 14.6 Å². The first-order chi connectivity index (χ1) is 9.12. The molecular weight excluding hydrogens is 303 g/mol. The highest BCUT2D eigenvalue weighted by Crippen LogP contribution is 2.70. The van der Waals surface area contributed by atoms with Crippen LogP contribution in [0, 0.1) is 16.7 Å². The van der Waals surface area contributed by atoms with Crippen molar-refractivity contribution < 1.29 is 19.4 Å². The van der Waals surface area contributed by atoms with Gasteiger partial charge in [0.15, 0.2) is 5.38 Å². The van der Waals surface area contributed by atoms with Crippen LogP contribution in [-0.4, -0.2) is 22.2 Å². The lowest BCUT2D eigenvalue weighted by Crippen LogP contribution is -2.49. The van der Waals surface area contributed by atoms with Gasteiger partial charge in [-0.25, -0.2) is 4.79 Å². The number of esters is 1. The maximum absolute atomic E-state index is 11.4. The maximum atomic E-state index is 11.4. The first kappa shape index (κ1) is 14.5. The number of ether oxygens (including phenoxy) is 2. The SMILES string of the molecule is CC1(C)C2CCC1(C)C(O)(OC1=C(Cl)C(Cl)C(=O)O1)C2. The van der Waals surface area contributed by atoms with Gasteiger partial charge in [0.1, 0.15) is 5.03 Å². The highest BCUT2D eigenvalue weighted by Gasteiger charge is 2.71. The molecule has 3 aliphatic rings. The Bertz CT molecular complexity index is 515. The van der Waals surface area contributed by atoms with Crippen molar-refractivity contribution in [2.24, 2.45) is 16.7 Å². The molecule has 4 nitrogen and oxygen atoms in total. The van der Waals surface area contributed by atoms with E-state index in [1.807, 2.05) is 6.92 Å². The second kappa shape index (κ2) is 4.05. The van der Waals surface area contributed by atoms with E-state index >= 15 is 0 Å². The number of halogens is 2. The molecule has 4 atom stereocenters. The summed E-state index contributed by atoms with van der Waals surface area (Å²) in [7, 11) is 0. The van der Waals surface area contributed by atoms with Gasteiger partial charge in [0.2, 0.25) is 5.79 Å². The zero-order chi connectivity index (χ0) is 14.9. The van der Waals surface area contributed by atoms with E-state index in [4.69, 9.17) is 32.7 Å². The van der Waals surface area contributed by atoms with Crippen molar-refractivity contribution in [1.82, 2.24) is 0 Å². The Labute approximate surface area is 128 Å². The van der Waals surface area contributed by atoms with E-state index in [2.05, 4.69) is 13.8 Å². The number of rotatable bonds is 2. The van der Waals surface area contributed by atoms with E-state index < -0.39 is 22.5 Å². The molecule has 3 rings (SSSR count). The summed E-state index contributed by atoms with van der Waals surface area (Å²) < 4.78 is 10.6. The van der Waals surface area contributed by atoms with Crippen LogP contribution in [0.2, 0.25) is 0 Å². The van der Waals surface area contributed by atoms with Crippen LogP contribution < -0.4 is 0 Å². The molecule has 0 saturated heterocycles. The number of cyclic esters (lactones) is 1. The quantitative estimate of drug-likeness (QED) is 0.482. The molecule has 1 heterocycles. The predicted octanol–water partition coefficient (Wildman–Crippen LogP) is 3.11. The van der Waals surface area contributed by atoms with Crippen molar-refractivity contribution in [3.8, 4) is 0 Å². The fourth-order valence-corrected chi connectivity index (χ4v) is 4.29. The van der Waals surface area contributed by atoms with Gasteiger partial charge in [-0.3, -0.25) is 0 Å². The van der Waals surface area contributed by atoms with Gasteiger partial charge in [0, 0.05) is 11.8 Å². The second-order valence-corrected chi connectivity index (χ2v) is 7.64. The third-order valence-electron chi connectivity index (χ3n) is 5.90. The van der Waals surface area contributed by atoms with Crippen LogP contribution in [0.15, 0.2) is 11.0 Å². The van der Waals surface area contributed by atoms with Crippen LogP contribution in [0.25, 0.3) is 0 Å². The molecule has 2 fully saturated rings. The smallest absolute Gasteiger partial charge is 0.337 e. The van der Waals surface area contributed by atoms with Crippen molar-refractivity contribution in [1.29, 1.82) is 0 Å². The van der Waals surface area contributed by atoms with E-state index in [1.54, 1.807) is 0 Å². The minimum Gasteiger partial charge on any atom is -0.431 e. The molecule has 2 bridgehead atoms. The summed E-state index contributed by atoms with van der Waals surface area (Å²) in [5.74, 6) is -1.82. The summed E-state index contributed by atoms with van der Waals surface area (Å²) in [5, 5.41) is 9.94. The van der Waals surface area contributed by atoms with E-state index in [0.717, 1.165) is 12.8 Å². The summed E-state index contributed by atoms with van der Waals surface area (Å²) in [6, 6.07) is 0. The normalized spacial score (nSPS) is 46.0. The molecule has 0 spiro atoms. The lowest BCUT2D eigenvalue weighted by molar-refractivity contribution is -0.269. The van der Waals surface area contributed by atoms with Crippen molar-refractivity contribution in [2.75, 3.05) is 0 Å². The third kappa shape index (κ3) is 1.56. The minimum atomic E-state index is -1.38. The molecule has 1 N–H and O–H groups in total. The lowest BCUT2D eigenvalue weighted by atomic mass is 9.68. The topological polar surface area (TPSA) is 55.8 Å². The molecule has 0 aromatic heterocycles. The van der Waals surface area contributed by atoms with E-state index in [1.165, 1.54) is 0 Å². The lowest BCUT2D eigenvalue weighted by Gasteiger charge is -2.44.